The zero-order valence-corrected chi connectivity index (χ0v) is 7.17. The quantitative estimate of drug-likeness (QED) is 0.512. The Morgan fingerprint density at radius 1 is 1.31 bits per heavy atom. The van der Waals surface area contributed by atoms with E-state index in [0.717, 1.165) is 12.8 Å². The Morgan fingerprint density at radius 3 is 2.38 bits per heavy atom. The molecule has 13 heavy (non-hydrogen) atoms. The van der Waals surface area contributed by atoms with E-state index in [4.69, 9.17) is 0 Å². The van der Waals surface area contributed by atoms with Crippen LogP contribution < -0.4 is 10.6 Å². The van der Waals surface area contributed by atoms with E-state index in [1.54, 1.807) is 0 Å². The first-order chi connectivity index (χ1) is 6.23. The van der Waals surface area contributed by atoms with Gasteiger partial charge in [0.05, 0.1) is 0 Å². The molecule has 1 saturated carbocycles. The summed E-state index contributed by atoms with van der Waals surface area (Å²) in [6.45, 7) is 1.17. The second kappa shape index (κ2) is 2.04. The molecular formula is C8H11N3O2. The predicted octanol–water partition coefficient (Wildman–Crippen LogP) is -0.957. The number of rotatable bonds is 1. The zero-order chi connectivity index (χ0) is 9.05. The number of hydrogen-bond acceptors (Lipinski definition) is 3. The number of urea groups is 1. The molecule has 0 bridgehead atoms. The van der Waals surface area contributed by atoms with Crippen LogP contribution in [0.2, 0.25) is 0 Å². The fourth-order valence-corrected chi connectivity index (χ4v) is 1.92. The van der Waals surface area contributed by atoms with Crippen molar-refractivity contribution in [1.82, 2.24) is 15.5 Å². The Balaban J connectivity index is 1.90. The average molecular weight is 181 g/mol. The smallest absolute Gasteiger partial charge is 0.321 e. The summed E-state index contributed by atoms with van der Waals surface area (Å²) in [4.78, 5) is 24.6. The molecule has 0 unspecified atom stereocenters. The number of nitrogens with one attached hydrogen (secondary N) is 2. The molecule has 0 aromatic carbocycles. The van der Waals surface area contributed by atoms with Gasteiger partial charge in [0.25, 0.3) is 5.91 Å². The van der Waals surface area contributed by atoms with Crippen LogP contribution in [0, 0.1) is 0 Å². The van der Waals surface area contributed by atoms with Crippen LogP contribution in [0.1, 0.15) is 12.8 Å². The molecule has 0 atom stereocenters. The largest absolute Gasteiger partial charge is 0.325 e. The summed E-state index contributed by atoms with van der Waals surface area (Å²) >= 11 is 0. The Kier molecular flexibility index (Phi) is 1.15. The average Bonchev–Trinajstić information content (AvgIpc) is 2.77. The first kappa shape index (κ1) is 7.32. The van der Waals surface area contributed by atoms with Crippen molar-refractivity contribution in [3.63, 3.8) is 0 Å². The Hall–Kier alpha value is -1.10. The minimum absolute atomic E-state index is 0.0289. The highest BCUT2D eigenvalue weighted by atomic mass is 16.2. The first-order valence-corrected chi connectivity index (χ1v) is 4.59. The summed E-state index contributed by atoms with van der Waals surface area (Å²) in [6.07, 6.45) is 1.95. The standard InChI is InChI=1S/C8H11N3O2/c12-6-8(3-9-4-8)10-7(13)11(6)5-1-2-5/h5,9H,1-4H2,(H,10,13). The van der Waals surface area contributed by atoms with Crippen LogP contribution in [0.4, 0.5) is 4.79 Å². The van der Waals surface area contributed by atoms with E-state index in [2.05, 4.69) is 10.6 Å². The van der Waals surface area contributed by atoms with Crippen LogP contribution in [0.5, 0.6) is 0 Å². The van der Waals surface area contributed by atoms with Gasteiger partial charge in [0, 0.05) is 19.1 Å². The Bertz CT molecular complexity index is 294. The van der Waals surface area contributed by atoms with E-state index in [0.29, 0.717) is 13.1 Å². The monoisotopic (exact) mass is 181 g/mol. The van der Waals surface area contributed by atoms with Crippen molar-refractivity contribution in [2.75, 3.05) is 13.1 Å². The highest BCUT2D eigenvalue weighted by Gasteiger charge is 2.58. The van der Waals surface area contributed by atoms with Gasteiger partial charge in [0.2, 0.25) is 0 Å². The maximum absolute atomic E-state index is 11.8. The van der Waals surface area contributed by atoms with E-state index in [1.807, 2.05) is 0 Å². The summed E-state index contributed by atoms with van der Waals surface area (Å²) in [5.41, 5.74) is -0.584. The second-order valence-corrected chi connectivity index (χ2v) is 4.02. The van der Waals surface area contributed by atoms with Crippen LogP contribution >= 0.6 is 0 Å². The van der Waals surface area contributed by atoms with Crippen LogP contribution in [0.3, 0.4) is 0 Å². The molecule has 3 rings (SSSR count). The van der Waals surface area contributed by atoms with Crippen molar-refractivity contribution < 1.29 is 9.59 Å². The van der Waals surface area contributed by atoms with Crippen molar-refractivity contribution in [3.05, 3.63) is 0 Å². The molecule has 2 heterocycles. The number of hydrogen-bond donors (Lipinski definition) is 2. The lowest BCUT2D eigenvalue weighted by Gasteiger charge is -2.36. The molecule has 70 valence electrons. The van der Waals surface area contributed by atoms with E-state index >= 15 is 0 Å². The third kappa shape index (κ3) is 0.798. The number of imide groups is 1. The molecule has 3 fully saturated rings. The Morgan fingerprint density at radius 2 is 2.00 bits per heavy atom. The van der Waals surface area contributed by atoms with Crippen LogP contribution in [0.15, 0.2) is 0 Å². The molecule has 3 aliphatic rings. The maximum Gasteiger partial charge on any atom is 0.325 e. The highest BCUT2D eigenvalue weighted by molar-refractivity contribution is 6.08. The molecule has 5 nitrogen and oxygen atoms in total. The fourth-order valence-electron chi connectivity index (χ4n) is 1.92. The third-order valence-electron chi connectivity index (χ3n) is 2.96. The maximum atomic E-state index is 11.8. The normalized spacial score (nSPS) is 30.6. The molecule has 1 spiro atoms. The van der Waals surface area contributed by atoms with E-state index in [-0.39, 0.29) is 18.0 Å². The van der Waals surface area contributed by atoms with Gasteiger partial charge in [-0.1, -0.05) is 0 Å². The van der Waals surface area contributed by atoms with Crippen molar-refractivity contribution >= 4 is 11.9 Å². The number of amides is 3. The molecule has 0 aromatic rings. The zero-order valence-electron chi connectivity index (χ0n) is 7.17. The lowest BCUT2D eigenvalue weighted by Crippen LogP contribution is -2.69. The minimum atomic E-state index is -0.584. The predicted molar refractivity (Wildman–Crippen MR) is 44.0 cm³/mol. The SMILES string of the molecule is O=C1NC2(CNC2)C(=O)N1C1CC1. The van der Waals surface area contributed by atoms with Gasteiger partial charge in [-0.25, -0.2) is 4.79 Å². The third-order valence-corrected chi connectivity index (χ3v) is 2.96. The van der Waals surface area contributed by atoms with Crippen molar-refractivity contribution in [1.29, 1.82) is 0 Å². The number of carbonyl (C=O) groups excluding carboxylic acids is 2. The molecule has 2 saturated heterocycles. The topological polar surface area (TPSA) is 61.4 Å². The molecule has 5 heteroatoms. The van der Waals surface area contributed by atoms with Gasteiger partial charge in [-0.15, -0.1) is 0 Å². The van der Waals surface area contributed by atoms with Gasteiger partial charge in [0.15, 0.2) is 0 Å². The van der Waals surface area contributed by atoms with Crippen molar-refractivity contribution in [3.8, 4) is 0 Å². The Labute approximate surface area is 75.5 Å². The molecule has 1 aliphatic carbocycles. The summed E-state index contributed by atoms with van der Waals surface area (Å²) in [5.74, 6) is -0.0289. The highest BCUT2D eigenvalue weighted by Crippen LogP contribution is 2.33. The molecular weight excluding hydrogens is 170 g/mol. The lowest BCUT2D eigenvalue weighted by molar-refractivity contribution is -0.133. The van der Waals surface area contributed by atoms with Gasteiger partial charge in [-0.05, 0) is 12.8 Å². The summed E-state index contributed by atoms with van der Waals surface area (Å²) in [5, 5.41) is 5.78. The molecule has 0 radical (unpaired) electrons. The summed E-state index contributed by atoms with van der Waals surface area (Å²) in [7, 11) is 0. The summed E-state index contributed by atoms with van der Waals surface area (Å²) in [6, 6.07) is -0.0125. The number of carbonyl (C=O) groups is 2. The van der Waals surface area contributed by atoms with Gasteiger partial charge in [0.1, 0.15) is 5.54 Å². The molecule has 2 aliphatic heterocycles. The van der Waals surface area contributed by atoms with Crippen LogP contribution in [0.25, 0.3) is 0 Å². The minimum Gasteiger partial charge on any atom is -0.321 e. The first-order valence-electron chi connectivity index (χ1n) is 4.59. The fraction of sp³-hybridized carbons (Fsp3) is 0.750. The molecule has 0 aromatic heterocycles. The van der Waals surface area contributed by atoms with Gasteiger partial charge in [-0.2, -0.15) is 0 Å². The van der Waals surface area contributed by atoms with Gasteiger partial charge >= 0.3 is 6.03 Å². The van der Waals surface area contributed by atoms with E-state index < -0.39 is 5.54 Å². The van der Waals surface area contributed by atoms with Gasteiger partial charge in [-0.3, -0.25) is 9.69 Å². The van der Waals surface area contributed by atoms with Crippen LogP contribution in [-0.2, 0) is 4.79 Å². The lowest BCUT2D eigenvalue weighted by atomic mass is 9.93. The number of nitrogens with zero attached hydrogens (tertiary/aromatic N) is 1. The van der Waals surface area contributed by atoms with Gasteiger partial charge < -0.3 is 10.6 Å². The molecule has 2 N–H and O–H groups in total. The summed E-state index contributed by atoms with van der Waals surface area (Å²) < 4.78 is 0. The van der Waals surface area contributed by atoms with Crippen LogP contribution in [-0.4, -0.2) is 41.5 Å². The van der Waals surface area contributed by atoms with E-state index in [1.165, 1.54) is 4.90 Å². The molecule has 3 amide bonds. The van der Waals surface area contributed by atoms with Crippen molar-refractivity contribution in [2.24, 2.45) is 0 Å². The second-order valence-electron chi connectivity index (χ2n) is 4.02. The van der Waals surface area contributed by atoms with E-state index in [9.17, 15) is 9.59 Å². The van der Waals surface area contributed by atoms with Crippen molar-refractivity contribution in [2.45, 2.75) is 24.4 Å².